The largest absolute Gasteiger partial charge is 0.461 e. The smallest absolute Gasteiger partial charge is 0.323 e. The van der Waals surface area contributed by atoms with Gasteiger partial charge in [-0.2, -0.15) is 0 Å². The number of nitrogens with one attached hydrogen (secondary N) is 3. The molecule has 5 rings (SSSR count). The normalized spacial score (nSPS) is 19.5. The van der Waals surface area contributed by atoms with Crippen molar-refractivity contribution in [1.29, 1.82) is 0 Å². The third-order valence-corrected chi connectivity index (χ3v) is 9.48. The van der Waals surface area contributed by atoms with Gasteiger partial charge in [0.2, 0.25) is 0 Å². The number of hydroxylamine groups is 1. The highest BCUT2D eigenvalue weighted by Crippen LogP contribution is 2.30. The van der Waals surface area contributed by atoms with Crippen LogP contribution < -0.4 is 21.0 Å². The van der Waals surface area contributed by atoms with E-state index in [1.165, 1.54) is 43.2 Å². The van der Waals surface area contributed by atoms with Crippen LogP contribution in [0.15, 0.2) is 48.5 Å². The van der Waals surface area contributed by atoms with E-state index in [1.54, 1.807) is 17.6 Å². The number of nitrogens with zero attached hydrogens (tertiary/aromatic N) is 1. The Morgan fingerprint density at radius 1 is 0.810 bits per heavy atom. The van der Waals surface area contributed by atoms with Crippen LogP contribution in [0.1, 0.15) is 92.1 Å². The Hall–Kier alpha value is -2.94. The monoisotopic (exact) mass is 576 g/mol. The van der Waals surface area contributed by atoms with Crippen LogP contribution >= 0.6 is 0 Å². The molecule has 8 heteroatoms. The molecule has 1 atom stereocenters. The fourth-order valence-corrected chi connectivity index (χ4v) is 6.86. The number of ether oxygens (including phenoxy) is 1. The van der Waals surface area contributed by atoms with Crippen LogP contribution in [0.4, 0.5) is 5.69 Å². The molecule has 3 aliphatic rings. The molecule has 2 saturated carbocycles. The Labute approximate surface area is 250 Å². The van der Waals surface area contributed by atoms with Crippen LogP contribution in [0.3, 0.4) is 0 Å². The molecule has 0 spiro atoms. The average molecular weight is 577 g/mol. The van der Waals surface area contributed by atoms with E-state index >= 15 is 0 Å². The van der Waals surface area contributed by atoms with Gasteiger partial charge in [-0.1, -0.05) is 43.5 Å². The molecule has 3 fully saturated rings. The van der Waals surface area contributed by atoms with Crippen molar-refractivity contribution in [3.8, 4) is 0 Å². The minimum absolute atomic E-state index is 0.0366. The maximum absolute atomic E-state index is 13.1. The quantitative estimate of drug-likeness (QED) is 0.154. The SMILES string of the molecule is O=C(NO)c1ccc(N2CCC(CNCc3ccc(CNC(C(=O)OC4CCCCC4)C4CCCC4)cc3)CC2)cc1. The summed E-state index contributed by atoms with van der Waals surface area (Å²) in [6, 6.07) is 15.9. The van der Waals surface area contributed by atoms with E-state index in [1.807, 2.05) is 12.1 Å². The molecule has 0 radical (unpaired) electrons. The molecule has 42 heavy (non-hydrogen) atoms. The Bertz CT molecular complexity index is 1120. The summed E-state index contributed by atoms with van der Waals surface area (Å²) in [4.78, 5) is 27.0. The fourth-order valence-electron chi connectivity index (χ4n) is 6.86. The van der Waals surface area contributed by atoms with Gasteiger partial charge in [0.25, 0.3) is 5.91 Å². The lowest BCUT2D eigenvalue weighted by Gasteiger charge is -2.33. The summed E-state index contributed by atoms with van der Waals surface area (Å²) in [7, 11) is 0. The molecule has 4 N–H and O–H groups in total. The van der Waals surface area contributed by atoms with Crippen LogP contribution in [0, 0.1) is 11.8 Å². The minimum Gasteiger partial charge on any atom is -0.461 e. The first-order chi connectivity index (χ1) is 20.6. The Balaban J connectivity index is 1.02. The first-order valence-corrected chi connectivity index (χ1v) is 16.1. The van der Waals surface area contributed by atoms with Gasteiger partial charge < -0.3 is 20.3 Å². The van der Waals surface area contributed by atoms with Gasteiger partial charge in [-0.3, -0.25) is 14.8 Å². The molecule has 1 amide bonds. The Kier molecular flexibility index (Phi) is 11.3. The van der Waals surface area contributed by atoms with Gasteiger partial charge in [0.05, 0.1) is 0 Å². The lowest BCUT2D eigenvalue weighted by atomic mass is 9.96. The van der Waals surface area contributed by atoms with Crippen molar-refractivity contribution in [2.75, 3.05) is 24.5 Å². The topological polar surface area (TPSA) is 103 Å². The highest BCUT2D eigenvalue weighted by Gasteiger charge is 2.33. The minimum atomic E-state index is -0.489. The first kappa shape index (κ1) is 30.5. The predicted molar refractivity (Wildman–Crippen MR) is 164 cm³/mol. The van der Waals surface area contributed by atoms with Crippen molar-refractivity contribution in [1.82, 2.24) is 16.1 Å². The number of hydrogen-bond donors (Lipinski definition) is 4. The summed E-state index contributed by atoms with van der Waals surface area (Å²) >= 11 is 0. The van der Waals surface area contributed by atoms with Gasteiger partial charge in [-0.25, -0.2) is 5.48 Å². The predicted octanol–water partition coefficient (Wildman–Crippen LogP) is 5.34. The van der Waals surface area contributed by atoms with E-state index in [9.17, 15) is 9.59 Å². The second kappa shape index (κ2) is 15.5. The van der Waals surface area contributed by atoms with Crippen molar-refractivity contribution >= 4 is 17.6 Å². The van der Waals surface area contributed by atoms with E-state index in [0.29, 0.717) is 23.9 Å². The molecule has 2 aromatic rings. The maximum Gasteiger partial charge on any atom is 0.323 e. The fraction of sp³-hybridized carbons (Fsp3) is 0.588. The van der Waals surface area contributed by atoms with Crippen molar-refractivity contribution in [2.45, 2.75) is 95.9 Å². The van der Waals surface area contributed by atoms with E-state index < -0.39 is 5.91 Å². The number of hydrogen-bond acceptors (Lipinski definition) is 7. The number of anilines is 1. The van der Waals surface area contributed by atoms with Crippen LogP contribution in [0.5, 0.6) is 0 Å². The number of esters is 1. The molecule has 0 bridgehead atoms. The Morgan fingerprint density at radius 3 is 2.07 bits per heavy atom. The van der Waals surface area contributed by atoms with Gasteiger partial charge in [0.1, 0.15) is 12.1 Å². The average Bonchev–Trinajstić information content (AvgIpc) is 3.57. The van der Waals surface area contributed by atoms with Crippen molar-refractivity contribution < 1.29 is 19.5 Å². The molecule has 2 aromatic carbocycles. The summed E-state index contributed by atoms with van der Waals surface area (Å²) in [6.45, 7) is 4.52. The number of benzene rings is 2. The molecular formula is C34H48N4O4. The van der Waals surface area contributed by atoms with Gasteiger partial charge in [0.15, 0.2) is 0 Å². The number of amides is 1. The molecule has 1 unspecified atom stereocenters. The molecule has 1 saturated heterocycles. The third kappa shape index (κ3) is 8.55. The zero-order chi connectivity index (χ0) is 29.1. The summed E-state index contributed by atoms with van der Waals surface area (Å²) in [6.07, 6.45) is 12.6. The highest BCUT2D eigenvalue weighted by molar-refractivity contribution is 5.93. The van der Waals surface area contributed by atoms with Crippen LogP contribution in [-0.2, 0) is 22.6 Å². The maximum atomic E-state index is 13.1. The number of rotatable bonds is 12. The van der Waals surface area contributed by atoms with Crippen molar-refractivity contribution in [2.24, 2.45) is 11.8 Å². The molecule has 8 nitrogen and oxygen atoms in total. The van der Waals surface area contributed by atoms with Gasteiger partial charge >= 0.3 is 5.97 Å². The summed E-state index contributed by atoms with van der Waals surface area (Å²) in [5.74, 6) is 0.504. The van der Waals surface area contributed by atoms with Gasteiger partial charge in [0, 0.05) is 37.4 Å². The van der Waals surface area contributed by atoms with Crippen LogP contribution in [-0.4, -0.2) is 48.9 Å². The second-order valence-electron chi connectivity index (χ2n) is 12.5. The molecule has 228 valence electrons. The van der Waals surface area contributed by atoms with Crippen LogP contribution in [0.2, 0.25) is 0 Å². The molecule has 0 aromatic heterocycles. The highest BCUT2D eigenvalue weighted by atomic mass is 16.5. The first-order valence-electron chi connectivity index (χ1n) is 16.1. The van der Waals surface area contributed by atoms with Gasteiger partial charge in [-0.05, 0) is 105 Å². The number of carbonyl (C=O) groups excluding carboxylic acids is 2. The number of carbonyl (C=O) groups is 2. The molecular weight excluding hydrogens is 528 g/mol. The summed E-state index contributed by atoms with van der Waals surface area (Å²) < 4.78 is 5.98. The van der Waals surface area contributed by atoms with Crippen molar-refractivity contribution in [3.05, 3.63) is 65.2 Å². The zero-order valence-corrected chi connectivity index (χ0v) is 24.9. The third-order valence-electron chi connectivity index (χ3n) is 9.48. The Morgan fingerprint density at radius 2 is 1.43 bits per heavy atom. The van der Waals surface area contributed by atoms with Crippen molar-refractivity contribution in [3.63, 3.8) is 0 Å². The number of piperidine rings is 1. The standard InChI is InChI=1S/C34H48N4O4/c39-33(37-41)29-14-16-30(17-15-29)38-20-18-27(19-21-38)23-35-22-25-10-12-26(13-11-25)24-36-32(28-6-4-5-7-28)34(40)42-31-8-2-1-3-9-31/h10-17,27-28,31-32,35-36,41H,1-9,18-24H2,(H,37,39). The second-order valence-corrected chi connectivity index (χ2v) is 12.5. The summed E-state index contributed by atoms with van der Waals surface area (Å²) in [5.41, 5.74) is 5.71. The summed E-state index contributed by atoms with van der Waals surface area (Å²) in [5, 5.41) is 16.0. The molecule has 2 aliphatic carbocycles. The van der Waals surface area contributed by atoms with E-state index in [2.05, 4.69) is 39.8 Å². The van der Waals surface area contributed by atoms with E-state index in [4.69, 9.17) is 9.94 Å². The lowest BCUT2D eigenvalue weighted by Crippen LogP contribution is -2.44. The lowest BCUT2D eigenvalue weighted by molar-refractivity contribution is -0.154. The molecule has 1 aliphatic heterocycles. The molecule has 1 heterocycles. The van der Waals surface area contributed by atoms with Gasteiger partial charge in [-0.15, -0.1) is 0 Å². The zero-order valence-electron chi connectivity index (χ0n) is 24.9. The van der Waals surface area contributed by atoms with E-state index in [0.717, 1.165) is 70.4 Å². The van der Waals surface area contributed by atoms with E-state index in [-0.39, 0.29) is 18.1 Å². The van der Waals surface area contributed by atoms with Crippen LogP contribution in [0.25, 0.3) is 0 Å².